The Kier molecular flexibility index (Phi) is 3.53. The molecule has 0 aliphatic rings. The quantitative estimate of drug-likeness (QED) is 0.323. The lowest BCUT2D eigenvalue weighted by atomic mass is 10.1. The minimum absolute atomic E-state index is 0.0194. The van der Waals surface area contributed by atoms with E-state index in [0.29, 0.717) is 5.84 Å². The van der Waals surface area contributed by atoms with Gasteiger partial charge in [0, 0.05) is 19.0 Å². The van der Waals surface area contributed by atoms with Gasteiger partial charge in [-0.05, 0) is 12.1 Å². The zero-order valence-corrected chi connectivity index (χ0v) is 7.72. The Morgan fingerprint density at radius 2 is 2.00 bits per heavy atom. The lowest BCUT2D eigenvalue weighted by molar-refractivity contribution is 0.563. The van der Waals surface area contributed by atoms with Crippen molar-refractivity contribution in [3.63, 3.8) is 0 Å². The summed E-state index contributed by atoms with van der Waals surface area (Å²) in [6.07, 6.45) is 0.0194. The fourth-order valence-corrected chi connectivity index (χ4v) is 1.06. The van der Waals surface area contributed by atoms with Crippen LogP contribution in [0, 0.1) is 11.6 Å². The van der Waals surface area contributed by atoms with Gasteiger partial charge < -0.3 is 5.43 Å². The summed E-state index contributed by atoms with van der Waals surface area (Å²) in [5, 5.41) is 0. The topological polar surface area (TPSA) is 50.4 Å². The zero-order chi connectivity index (χ0) is 10.6. The number of hydrazine groups is 1. The lowest BCUT2D eigenvalue weighted by Crippen LogP contribution is -2.32. The fraction of sp³-hybridized carbons (Fsp3) is 0.222. The molecule has 1 rings (SSSR count). The third kappa shape index (κ3) is 2.26. The Labute approximate surface area is 80.6 Å². The molecule has 1 aromatic carbocycles. The SMILES string of the molecule is CN=C(Cc1c(F)cccc1F)NN. The number of nitrogens with zero attached hydrogens (tertiary/aromatic N) is 1. The summed E-state index contributed by atoms with van der Waals surface area (Å²) in [7, 11) is 1.49. The van der Waals surface area contributed by atoms with Crippen molar-refractivity contribution in [1.82, 2.24) is 5.43 Å². The van der Waals surface area contributed by atoms with Gasteiger partial charge in [-0.15, -0.1) is 0 Å². The Morgan fingerprint density at radius 1 is 1.43 bits per heavy atom. The molecule has 5 heteroatoms. The summed E-state index contributed by atoms with van der Waals surface area (Å²) >= 11 is 0. The summed E-state index contributed by atoms with van der Waals surface area (Å²) < 4.78 is 26.2. The van der Waals surface area contributed by atoms with Gasteiger partial charge in [-0.1, -0.05) is 6.07 Å². The number of halogens is 2. The maximum atomic E-state index is 13.1. The van der Waals surface area contributed by atoms with Crippen LogP contribution in [0.2, 0.25) is 0 Å². The van der Waals surface area contributed by atoms with Crippen molar-refractivity contribution in [3.8, 4) is 0 Å². The molecule has 0 radical (unpaired) electrons. The van der Waals surface area contributed by atoms with Crippen molar-refractivity contribution in [3.05, 3.63) is 35.4 Å². The summed E-state index contributed by atoms with van der Waals surface area (Å²) in [5.74, 6) is 4.24. The fourth-order valence-electron chi connectivity index (χ4n) is 1.06. The van der Waals surface area contributed by atoms with E-state index in [9.17, 15) is 8.78 Å². The van der Waals surface area contributed by atoms with E-state index in [2.05, 4.69) is 10.4 Å². The molecule has 0 heterocycles. The van der Waals surface area contributed by atoms with Crippen LogP contribution in [0.15, 0.2) is 23.2 Å². The highest BCUT2D eigenvalue weighted by Crippen LogP contribution is 2.12. The zero-order valence-electron chi connectivity index (χ0n) is 7.72. The second kappa shape index (κ2) is 4.66. The van der Waals surface area contributed by atoms with Crippen molar-refractivity contribution in [2.24, 2.45) is 10.8 Å². The maximum absolute atomic E-state index is 13.1. The largest absolute Gasteiger partial charge is 0.312 e. The maximum Gasteiger partial charge on any atom is 0.129 e. The summed E-state index contributed by atoms with van der Waals surface area (Å²) in [6.45, 7) is 0. The van der Waals surface area contributed by atoms with Crippen LogP contribution >= 0.6 is 0 Å². The van der Waals surface area contributed by atoms with Gasteiger partial charge in [-0.25, -0.2) is 14.6 Å². The number of hydrogen-bond acceptors (Lipinski definition) is 2. The van der Waals surface area contributed by atoms with Crippen LogP contribution < -0.4 is 11.3 Å². The Morgan fingerprint density at radius 3 is 2.43 bits per heavy atom. The number of amidine groups is 1. The molecule has 0 aliphatic heterocycles. The average Bonchev–Trinajstić information content (AvgIpc) is 2.18. The molecular weight excluding hydrogens is 188 g/mol. The van der Waals surface area contributed by atoms with Gasteiger partial charge in [0.25, 0.3) is 0 Å². The molecule has 0 amide bonds. The average molecular weight is 199 g/mol. The predicted molar refractivity (Wildman–Crippen MR) is 50.7 cm³/mol. The number of hydrogen-bond donors (Lipinski definition) is 2. The molecule has 76 valence electrons. The van der Waals surface area contributed by atoms with E-state index in [4.69, 9.17) is 5.84 Å². The third-order valence-corrected chi connectivity index (χ3v) is 1.84. The van der Waals surface area contributed by atoms with Crippen LogP contribution in [0.4, 0.5) is 8.78 Å². The smallest absolute Gasteiger partial charge is 0.129 e. The Balaban J connectivity index is 2.96. The molecule has 14 heavy (non-hydrogen) atoms. The number of nitrogens with one attached hydrogen (secondary N) is 1. The molecule has 0 saturated carbocycles. The number of benzene rings is 1. The first-order chi connectivity index (χ1) is 6.69. The van der Waals surface area contributed by atoms with Crippen LogP contribution in [0.1, 0.15) is 5.56 Å². The Bertz CT molecular complexity index is 330. The number of rotatable bonds is 2. The minimum atomic E-state index is -0.596. The van der Waals surface area contributed by atoms with E-state index in [-0.39, 0.29) is 12.0 Å². The van der Waals surface area contributed by atoms with Crippen LogP contribution in [-0.4, -0.2) is 12.9 Å². The van der Waals surface area contributed by atoms with Crippen molar-refractivity contribution in [2.75, 3.05) is 7.05 Å². The first-order valence-corrected chi connectivity index (χ1v) is 4.04. The summed E-state index contributed by atoms with van der Waals surface area (Å²) in [6, 6.07) is 3.71. The number of nitrogens with two attached hydrogens (primary N) is 1. The highest BCUT2D eigenvalue weighted by Gasteiger charge is 2.10. The highest BCUT2D eigenvalue weighted by molar-refractivity contribution is 5.83. The molecule has 0 saturated heterocycles. The van der Waals surface area contributed by atoms with E-state index in [1.165, 1.54) is 25.2 Å². The van der Waals surface area contributed by atoms with Crippen LogP contribution in [0.3, 0.4) is 0 Å². The highest BCUT2D eigenvalue weighted by atomic mass is 19.1. The van der Waals surface area contributed by atoms with Crippen LogP contribution in [0.5, 0.6) is 0 Å². The van der Waals surface area contributed by atoms with E-state index in [1.54, 1.807) is 0 Å². The molecule has 0 bridgehead atoms. The van der Waals surface area contributed by atoms with Gasteiger partial charge in [-0.3, -0.25) is 4.99 Å². The monoisotopic (exact) mass is 199 g/mol. The molecule has 1 aromatic rings. The van der Waals surface area contributed by atoms with Crippen molar-refractivity contribution in [2.45, 2.75) is 6.42 Å². The second-order valence-electron chi connectivity index (χ2n) is 2.69. The van der Waals surface area contributed by atoms with Crippen molar-refractivity contribution in [1.29, 1.82) is 0 Å². The van der Waals surface area contributed by atoms with E-state index >= 15 is 0 Å². The van der Waals surface area contributed by atoms with Gasteiger partial charge in [0.1, 0.15) is 17.5 Å². The first-order valence-electron chi connectivity index (χ1n) is 4.04. The van der Waals surface area contributed by atoms with Crippen LogP contribution in [-0.2, 0) is 6.42 Å². The van der Waals surface area contributed by atoms with Gasteiger partial charge in [0.05, 0.1) is 0 Å². The van der Waals surface area contributed by atoms with Crippen LogP contribution in [0.25, 0.3) is 0 Å². The van der Waals surface area contributed by atoms with E-state index in [1.807, 2.05) is 0 Å². The normalized spacial score (nSPS) is 11.6. The first kappa shape index (κ1) is 10.6. The predicted octanol–water partition coefficient (Wildman–Crippen LogP) is 0.999. The lowest BCUT2D eigenvalue weighted by Gasteiger charge is -2.06. The van der Waals surface area contributed by atoms with E-state index < -0.39 is 11.6 Å². The second-order valence-corrected chi connectivity index (χ2v) is 2.69. The standard InChI is InChI=1S/C9H11F2N3/c1-13-9(14-12)5-6-7(10)3-2-4-8(6)11/h2-4H,5,12H2,1H3,(H,13,14). The molecule has 0 unspecified atom stereocenters. The van der Waals surface area contributed by atoms with Crippen molar-refractivity contribution < 1.29 is 8.78 Å². The molecule has 0 fully saturated rings. The number of aliphatic imine (C=N–C) groups is 1. The van der Waals surface area contributed by atoms with Crippen molar-refractivity contribution >= 4 is 5.84 Å². The van der Waals surface area contributed by atoms with Gasteiger partial charge in [0.2, 0.25) is 0 Å². The third-order valence-electron chi connectivity index (χ3n) is 1.84. The van der Waals surface area contributed by atoms with Gasteiger partial charge in [-0.2, -0.15) is 0 Å². The van der Waals surface area contributed by atoms with Gasteiger partial charge in [0.15, 0.2) is 0 Å². The molecule has 0 aromatic heterocycles. The molecular formula is C9H11F2N3. The van der Waals surface area contributed by atoms with Gasteiger partial charge >= 0.3 is 0 Å². The molecule has 3 N–H and O–H groups in total. The molecule has 3 nitrogen and oxygen atoms in total. The summed E-state index contributed by atoms with van der Waals surface area (Å²) in [5.41, 5.74) is 2.24. The van der Waals surface area contributed by atoms with E-state index in [0.717, 1.165) is 0 Å². The Hall–Kier alpha value is -1.49. The molecule has 0 atom stereocenters. The summed E-state index contributed by atoms with van der Waals surface area (Å²) in [4.78, 5) is 3.73. The molecule has 0 spiro atoms. The minimum Gasteiger partial charge on any atom is -0.312 e. The molecule has 0 aliphatic carbocycles.